The van der Waals surface area contributed by atoms with Crippen LogP contribution in [-0.4, -0.2) is 29.6 Å². The Balaban J connectivity index is 2.25. The van der Waals surface area contributed by atoms with Gasteiger partial charge >= 0.3 is 0 Å². The van der Waals surface area contributed by atoms with Crippen molar-refractivity contribution >= 4 is 27.5 Å². The molecule has 19 heavy (non-hydrogen) atoms. The highest BCUT2D eigenvalue weighted by molar-refractivity contribution is 9.10. The summed E-state index contributed by atoms with van der Waals surface area (Å²) in [4.78, 5) is 16.5. The van der Waals surface area contributed by atoms with E-state index in [9.17, 15) is 4.79 Å². The molecule has 0 aromatic heterocycles. The third-order valence-electron chi connectivity index (χ3n) is 5.07. The van der Waals surface area contributed by atoms with Gasteiger partial charge in [0.1, 0.15) is 5.66 Å². The fraction of sp³-hybridized carbons (Fsp3) is 0.533. The molecule has 0 aliphatic carbocycles. The standard InChI is InChI=1S/C15H19BrN2O/c1-5-17-13(19)9-18-12-7-6-10(16)8-11(12)14(2,3)15(17,18)4/h6-8H,5,9H2,1-4H3. The number of nitrogens with zero attached hydrogens (tertiary/aromatic N) is 2. The van der Waals surface area contributed by atoms with Crippen LogP contribution in [0.2, 0.25) is 0 Å². The first kappa shape index (κ1) is 13.0. The van der Waals surface area contributed by atoms with Gasteiger partial charge in [0.05, 0.1) is 6.54 Å². The molecule has 3 nitrogen and oxygen atoms in total. The molecule has 1 aromatic rings. The van der Waals surface area contributed by atoms with Crippen LogP contribution in [-0.2, 0) is 10.2 Å². The Morgan fingerprint density at radius 1 is 1.32 bits per heavy atom. The van der Waals surface area contributed by atoms with Crippen LogP contribution in [0.15, 0.2) is 22.7 Å². The van der Waals surface area contributed by atoms with Crippen LogP contribution in [0.4, 0.5) is 5.69 Å². The fourth-order valence-corrected chi connectivity index (χ4v) is 4.10. The number of carbonyl (C=O) groups is 1. The number of carbonyl (C=O) groups excluding carboxylic acids is 1. The zero-order valence-electron chi connectivity index (χ0n) is 11.8. The van der Waals surface area contributed by atoms with Crippen molar-refractivity contribution in [3.8, 4) is 0 Å². The molecule has 2 aliphatic rings. The van der Waals surface area contributed by atoms with E-state index in [2.05, 4.69) is 66.7 Å². The number of anilines is 1. The van der Waals surface area contributed by atoms with Crippen molar-refractivity contribution in [2.75, 3.05) is 18.0 Å². The third kappa shape index (κ3) is 1.36. The summed E-state index contributed by atoms with van der Waals surface area (Å²) in [5.74, 6) is 0.228. The van der Waals surface area contributed by atoms with Crippen LogP contribution in [0.3, 0.4) is 0 Å². The van der Waals surface area contributed by atoms with E-state index in [4.69, 9.17) is 0 Å². The Bertz CT molecular complexity index is 569. The first-order chi connectivity index (χ1) is 8.84. The molecule has 0 saturated carbocycles. The Morgan fingerprint density at radius 2 is 2.00 bits per heavy atom. The molecule has 102 valence electrons. The van der Waals surface area contributed by atoms with Gasteiger partial charge in [-0.25, -0.2) is 0 Å². The van der Waals surface area contributed by atoms with Crippen molar-refractivity contribution in [3.63, 3.8) is 0 Å². The molecule has 4 heteroatoms. The van der Waals surface area contributed by atoms with Crippen molar-refractivity contribution < 1.29 is 4.79 Å². The molecule has 1 amide bonds. The van der Waals surface area contributed by atoms with E-state index in [-0.39, 0.29) is 17.0 Å². The summed E-state index contributed by atoms with van der Waals surface area (Å²) in [7, 11) is 0. The summed E-state index contributed by atoms with van der Waals surface area (Å²) < 4.78 is 1.10. The maximum Gasteiger partial charge on any atom is 0.244 e. The number of amides is 1. The minimum atomic E-state index is -0.262. The molecule has 1 aromatic carbocycles. The van der Waals surface area contributed by atoms with Crippen molar-refractivity contribution in [1.29, 1.82) is 0 Å². The maximum atomic E-state index is 12.3. The molecule has 1 atom stereocenters. The van der Waals surface area contributed by atoms with Crippen LogP contribution in [0.5, 0.6) is 0 Å². The first-order valence-corrected chi connectivity index (χ1v) is 7.51. The molecule has 0 bridgehead atoms. The van der Waals surface area contributed by atoms with Crippen molar-refractivity contribution in [2.45, 2.75) is 38.8 Å². The summed E-state index contributed by atoms with van der Waals surface area (Å²) in [6.07, 6.45) is 0. The molecule has 3 rings (SSSR count). The third-order valence-corrected chi connectivity index (χ3v) is 5.56. The van der Waals surface area contributed by atoms with Gasteiger partial charge in [0.2, 0.25) is 5.91 Å². The SMILES string of the molecule is CCN1C(=O)CN2c3ccc(Br)cc3C(C)(C)C12C. The van der Waals surface area contributed by atoms with Gasteiger partial charge in [-0.3, -0.25) is 4.79 Å². The minimum Gasteiger partial charge on any atom is -0.338 e. The van der Waals surface area contributed by atoms with E-state index in [0.717, 1.165) is 11.0 Å². The highest BCUT2D eigenvalue weighted by atomic mass is 79.9. The summed E-state index contributed by atoms with van der Waals surface area (Å²) in [6.45, 7) is 9.96. The van der Waals surface area contributed by atoms with Crippen LogP contribution in [0, 0.1) is 0 Å². The second-order valence-electron chi connectivity index (χ2n) is 6.03. The number of halogens is 1. The molecule has 0 N–H and O–H groups in total. The zero-order valence-corrected chi connectivity index (χ0v) is 13.4. The average Bonchev–Trinajstić information content (AvgIpc) is 2.69. The molecule has 1 fully saturated rings. The van der Waals surface area contributed by atoms with Crippen molar-refractivity contribution in [2.24, 2.45) is 0 Å². The second-order valence-corrected chi connectivity index (χ2v) is 6.95. The lowest BCUT2D eigenvalue weighted by atomic mass is 9.76. The lowest BCUT2D eigenvalue weighted by Gasteiger charge is -2.45. The van der Waals surface area contributed by atoms with Gasteiger partial charge in [-0.2, -0.15) is 0 Å². The number of hydrogen-bond acceptors (Lipinski definition) is 2. The fourth-order valence-electron chi connectivity index (χ4n) is 3.74. The van der Waals surface area contributed by atoms with E-state index in [1.807, 2.05) is 4.90 Å². The molecule has 1 saturated heterocycles. The predicted molar refractivity (Wildman–Crippen MR) is 80.3 cm³/mol. The predicted octanol–water partition coefficient (Wildman–Crippen LogP) is 3.13. The van der Waals surface area contributed by atoms with E-state index < -0.39 is 0 Å². The Kier molecular flexibility index (Phi) is 2.56. The molecule has 0 spiro atoms. The van der Waals surface area contributed by atoms with Crippen molar-refractivity contribution in [3.05, 3.63) is 28.2 Å². The maximum absolute atomic E-state index is 12.3. The van der Waals surface area contributed by atoms with Gasteiger partial charge in [-0.1, -0.05) is 29.8 Å². The van der Waals surface area contributed by atoms with Crippen LogP contribution in [0.1, 0.15) is 33.3 Å². The van der Waals surface area contributed by atoms with Gasteiger partial charge in [0, 0.05) is 22.1 Å². The van der Waals surface area contributed by atoms with Crippen LogP contribution >= 0.6 is 15.9 Å². The first-order valence-electron chi connectivity index (χ1n) is 6.72. The summed E-state index contributed by atoms with van der Waals surface area (Å²) in [5.41, 5.74) is 2.16. The smallest absolute Gasteiger partial charge is 0.244 e. The number of fused-ring (bicyclic) bond motifs is 3. The second kappa shape index (κ2) is 3.75. The van der Waals surface area contributed by atoms with Gasteiger partial charge in [-0.15, -0.1) is 0 Å². The van der Waals surface area contributed by atoms with Gasteiger partial charge in [0.15, 0.2) is 0 Å². The topological polar surface area (TPSA) is 23.6 Å². The average molecular weight is 323 g/mol. The van der Waals surface area contributed by atoms with Gasteiger partial charge in [0.25, 0.3) is 0 Å². The summed E-state index contributed by atoms with van der Waals surface area (Å²) in [5, 5.41) is 0. The Hall–Kier alpha value is -1.03. The van der Waals surface area contributed by atoms with Gasteiger partial charge in [-0.05, 0) is 37.6 Å². The zero-order chi connectivity index (χ0) is 14.0. The highest BCUT2D eigenvalue weighted by Crippen LogP contribution is 2.55. The molecular formula is C15H19BrN2O. The quantitative estimate of drug-likeness (QED) is 0.793. The van der Waals surface area contributed by atoms with E-state index in [1.165, 1.54) is 11.3 Å². The number of rotatable bonds is 1. The van der Waals surface area contributed by atoms with E-state index in [1.54, 1.807) is 0 Å². The lowest BCUT2D eigenvalue weighted by Crippen LogP contribution is -2.59. The molecule has 2 aliphatic heterocycles. The monoisotopic (exact) mass is 322 g/mol. The van der Waals surface area contributed by atoms with Crippen LogP contribution in [0.25, 0.3) is 0 Å². The number of likely N-dealkylation sites (N-methyl/N-ethyl adjacent to an activating group) is 1. The minimum absolute atomic E-state index is 0.0890. The Morgan fingerprint density at radius 3 is 2.63 bits per heavy atom. The molecular weight excluding hydrogens is 304 g/mol. The van der Waals surface area contributed by atoms with Crippen LogP contribution < -0.4 is 4.90 Å². The highest BCUT2D eigenvalue weighted by Gasteiger charge is 2.61. The van der Waals surface area contributed by atoms with Gasteiger partial charge < -0.3 is 9.80 Å². The normalized spacial score (nSPS) is 27.7. The van der Waals surface area contributed by atoms with E-state index in [0.29, 0.717) is 6.54 Å². The number of hydrogen-bond donors (Lipinski definition) is 0. The summed E-state index contributed by atoms with van der Waals surface area (Å²) in [6, 6.07) is 6.37. The number of benzene rings is 1. The summed E-state index contributed by atoms with van der Waals surface area (Å²) >= 11 is 3.56. The largest absolute Gasteiger partial charge is 0.338 e. The molecule has 0 radical (unpaired) electrons. The Labute approximate surface area is 122 Å². The van der Waals surface area contributed by atoms with E-state index >= 15 is 0 Å². The molecule has 2 heterocycles. The van der Waals surface area contributed by atoms with Crippen molar-refractivity contribution in [1.82, 2.24) is 4.90 Å². The lowest BCUT2D eigenvalue weighted by molar-refractivity contribution is -0.131. The molecule has 1 unspecified atom stereocenters.